The summed E-state index contributed by atoms with van der Waals surface area (Å²) in [6.45, 7) is 8.93. The molecule has 1 atom stereocenters. The lowest BCUT2D eigenvalue weighted by Crippen LogP contribution is -2.46. The molecule has 1 fully saturated rings. The number of rotatable bonds is 2. The Labute approximate surface area is 110 Å². The van der Waals surface area contributed by atoms with Crippen molar-refractivity contribution in [1.29, 1.82) is 0 Å². The molecule has 0 bridgehead atoms. The van der Waals surface area contributed by atoms with Gasteiger partial charge in [-0.15, -0.1) is 0 Å². The molecule has 18 heavy (non-hydrogen) atoms. The first-order chi connectivity index (χ1) is 8.54. The Morgan fingerprint density at radius 1 is 1.33 bits per heavy atom. The molecule has 0 saturated carbocycles. The molecule has 1 unspecified atom stereocenters. The molecule has 1 aromatic rings. The molecule has 1 N–H and O–H groups in total. The number of ether oxygens (including phenoxy) is 1. The third kappa shape index (κ3) is 2.61. The first kappa shape index (κ1) is 13.2. The van der Waals surface area contributed by atoms with Crippen LogP contribution in [-0.4, -0.2) is 31.8 Å². The van der Waals surface area contributed by atoms with Crippen LogP contribution in [-0.2, 0) is 0 Å². The summed E-state index contributed by atoms with van der Waals surface area (Å²) in [6.07, 6.45) is 1.13. The van der Waals surface area contributed by atoms with Crippen molar-refractivity contribution in [3.8, 4) is 5.75 Å². The number of para-hydroxylation sites is 2. The van der Waals surface area contributed by atoms with Gasteiger partial charge in [0.25, 0.3) is 0 Å². The van der Waals surface area contributed by atoms with Crippen LogP contribution in [0.4, 0.5) is 5.69 Å². The van der Waals surface area contributed by atoms with Crippen LogP contribution < -0.4 is 15.0 Å². The number of hydrogen-bond acceptors (Lipinski definition) is 3. The maximum atomic E-state index is 5.51. The van der Waals surface area contributed by atoms with Crippen molar-refractivity contribution in [3.63, 3.8) is 0 Å². The number of anilines is 1. The molecule has 0 spiro atoms. The standard InChI is InChI=1S/C15H24N2O/c1-12-11-17(15(2,3)9-10-16-12)13-7-5-6-8-14(13)18-4/h5-8,12,16H,9-11H2,1-4H3. The molecule has 0 aromatic heterocycles. The van der Waals surface area contributed by atoms with E-state index in [4.69, 9.17) is 4.74 Å². The monoisotopic (exact) mass is 248 g/mol. The maximum absolute atomic E-state index is 5.51. The smallest absolute Gasteiger partial charge is 0.142 e. The summed E-state index contributed by atoms with van der Waals surface area (Å²) in [5, 5.41) is 3.55. The second-order valence-electron chi connectivity index (χ2n) is 5.70. The Balaban J connectivity index is 2.38. The van der Waals surface area contributed by atoms with Gasteiger partial charge in [0.05, 0.1) is 12.8 Å². The average molecular weight is 248 g/mol. The van der Waals surface area contributed by atoms with Gasteiger partial charge in [0.15, 0.2) is 0 Å². The first-order valence-electron chi connectivity index (χ1n) is 6.68. The molecule has 1 saturated heterocycles. The Kier molecular flexibility index (Phi) is 3.81. The molecule has 3 heteroatoms. The van der Waals surface area contributed by atoms with Gasteiger partial charge in [-0.1, -0.05) is 12.1 Å². The van der Waals surface area contributed by atoms with E-state index in [2.05, 4.69) is 43.1 Å². The van der Waals surface area contributed by atoms with Gasteiger partial charge in [-0.05, 0) is 45.9 Å². The molecular formula is C15H24N2O. The van der Waals surface area contributed by atoms with Crippen LogP contribution in [0, 0.1) is 0 Å². The van der Waals surface area contributed by atoms with Gasteiger partial charge in [-0.2, -0.15) is 0 Å². The van der Waals surface area contributed by atoms with Crippen molar-refractivity contribution < 1.29 is 4.74 Å². The van der Waals surface area contributed by atoms with E-state index in [1.54, 1.807) is 7.11 Å². The summed E-state index contributed by atoms with van der Waals surface area (Å²) >= 11 is 0. The highest BCUT2D eigenvalue weighted by atomic mass is 16.5. The molecule has 2 rings (SSSR count). The lowest BCUT2D eigenvalue weighted by Gasteiger charge is -2.40. The van der Waals surface area contributed by atoms with Crippen molar-refractivity contribution in [1.82, 2.24) is 5.32 Å². The molecule has 100 valence electrons. The normalized spacial score (nSPS) is 23.6. The fourth-order valence-electron chi connectivity index (χ4n) is 2.62. The SMILES string of the molecule is COc1ccccc1N1CC(C)NCCC1(C)C. The number of nitrogens with zero attached hydrogens (tertiary/aromatic N) is 1. The lowest BCUT2D eigenvalue weighted by atomic mass is 9.97. The van der Waals surface area contributed by atoms with Crippen LogP contribution in [0.2, 0.25) is 0 Å². The average Bonchev–Trinajstić information content (AvgIpc) is 2.48. The minimum absolute atomic E-state index is 0.145. The minimum atomic E-state index is 0.145. The summed E-state index contributed by atoms with van der Waals surface area (Å²) in [7, 11) is 1.74. The van der Waals surface area contributed by atoms with E-state index in [0.717, 1.165) is 25.3 Å². The van der Waals surface area contributed by atoms with Gasteiger partial charge in [-0.3, -0.25) is 0 Å². The molecule has 1 heterocycles. The van der Waals surface area contributed by atoms with Gasteiger partial charge >= 0.3 is 0 Å². The van der Waals surface area contributed by atoms with E-state index < -0.39 is 0 Å². The number of benzene rings is 1. The highest BCUT2D eigenvalue weighted by Gasteiger charge is 2.31. The third-order valence-corrected chi connectivity index (χ3v) is 3.79. The number of hydrogen-bond donors (Lipinski definition) is 1. The summed E-state index contributed by atoms with van der Waals surface area (Å²) in [4.78, 5) is 2.47. The second kappa shape index (κ2) is 5.19. The van der Waals surface area contributed by atoms with Crippen molar-refractivity contribution in [2.45, 2.75) is 38.8 Å². The third-order valence-electron chi connectivity index (χ3n) is 3.79. The van der Waals surface area contributed by atoms with Gasteiger partial charge in [-0.25, -0.2) is 0 Å². The largest absolute Gasteiger partial charge is 0.495 e. The van der Waals surface area contributed by atoms with E-state index in [1.807, 2.05) is 12.1 Å². The molecule has 1 aliphatic rings. The van der Waals surface area contributed by atoms with Crippen LogP contribution in [0.1, 0.15) is 27.2 Å². The Morgan fingerprint density at radius 2 is 2.06 bits per heavy atom. The summed E-state index contributed by atoms with van der Waals surface area (Å²) < 4.78 is 5.51. The fourth-order valence-corrected chi connectivity index (χ4v) is 2.62. The number of methoxy groups -OCH3 is 1. The fraction of sp³-hybridized carbons (Fsp3) is 0.600. The Bertz CT molecular complexity index is 403. The molecule has 0 radical (unpaired) electrons. The lowest BCUT2D eigenvalue weighted by molar-refractivity contribution is 0.402. The predicted octanol–water partition coefficient (Wildman–Crippen LogP) is 2.66. The zero-order chi connectivity index (χ0) is 13.2. The topological polar surface area (TPSA) is 24.5 Å². The van der Waals surface area contributed by atoms with Crippen LogP contribution in [0.3, 0.4) is 0 Å². The molecule has 3 nitrogen and oxygen atoms in total. The van der Waals surface area contributed by atoms with Gasteiger partial charge in [0, 0.05) is 18.1 Å². The molecular weight excluding hydrogens is 224 g/mol. The molecule has 0 aliphatic carbocycles. The van der Waals surface area contributed by atoms with Crippen molar-refractivity contribution in [3.05, 3.63) is 24.3 Å². The number of nitrogens with one attached hydrogen (secondary N) is 1. The van der Waals surface area contributed by atoms with Crippen LogP contribution in [0.25, 0.3) is 0 Å². The molecule has 1 aromatic carbocycles. The van der Waals surface area contributed by atoms with Crippen LogP contribution in [0.5, 0.6) is 5.75 Å². The summed E-state index contributed by atoms with van der Waals surface area (Å²) in [6, 6.07) is 8.79. The maximum Gasteiger partial charge on any atom is 0.142 e. The Morgan fingerprint density at radius 3 is 2.78 bits per heavy atom. The van der Waals surface area contributed by atoms with Crippen molar-refractivity contribution in [2.75, 3.05) is 25.1 Å². The van der Waals surface area contributed by atoms with Crippen LogP contribution in [0.15, 0.2) is 24.3 Å². The van der Waals surface area contributed by atoms with Crippen LogP contribution >= 0.6 is 0 Å². The predicted molar refractivity (Wildman–Crippen MR) is 76.5 cm³/mol. The second-order valence-corrected chi connectivity index (χ2v) is 5.70. The zero-order valence-corrected chi connectivity index (χ0v) is 11.9. The highest BCUT2D eigenvalue weighted by molar-refractivity contribution is 5.60. The summed E-state index contributed by atoms with van der Waals surface area (Å²) in [5.41, 5.74) is 1.34. The van der Waals surface area contributed by atoms with Gasteiger partial charge in [0.2, 0.25) is 0 Å². The summed E-state index contributed by atoms with van der Waals surface area (Å²) in [5.74, 6) is 0.958. The minimum Gasteiger partial charge on any atom is -0.495 e. The van der Waals surface area contributed by atoms with Gasteiger partial charge in [0.1, 0.15) is 5.75 Å². The quantitative estimate of drug-likeness (QED) is 0.871. The molecule has 1 aliphatic heterocycles. The van der Waals surface area contributed by atoms with E-state index in [9.17, 15) is 0 Å². The highest BCUT2D eigenvalue weighted by Crippen LogP contribution is 2.35. The van der Waals surface area contributed by atoms with Crippen molar-refractivity contribution in [2.24, 2.45) is 0 Å². The van der Waals surface area contributed by atoms with Crippen molar-refractivity contribution >= 4 is 5.69 Å². The van der Waals surface area contributed by atoms with E-state index in [-0.39, 0.29) is 5.54 Å². The Hall–Kier alpha value is -1.22. The molecule has 0 amide bonds. The first-order valence-corrected chi connectivity index (χ1v) is 6.68. The van der Waals surface area contributed by atoms with Gasteiger partial charge < -0.3 is 15.0 Å². The van der Waals surface area contributed by atoms with E-state index in [0.29, 0.717) is 6.04 Å². The zero-order valence-electron chi connectivity index (χ0n) is 11.9. The van der Waals surface area contributed by atoms with E-state index in [1.165, 1.54) is 5.69 Å². The van der Waals surface area contributed by atoms with E-state index >= 15 is 0 Å².